The second kappa shape index (κ2) is 7.82. The lowest BCUT2D eigenvalue weighted by Crippen LogP contribution is -2.18. The molecular weight excluding hydrogens is 316 g/mol. The lowest BCUT2D eigenvalue weighted by molar-refractivity contribution is -0.122. The zero-order valence-electron chi connectivity index (χ0n) is 12.2. The van der Waals surface area contributed by atoms with Gasteiger partial charge in [0.2, 0.25) is 0 Å². The molecule has 1 aromatic rings. The summed E-state index contributed by atoms with van der Waals surface area (Å²) in [5.74, 6) is 1.49. The van der Waals surface area contributed by atoms with E-state index in [-0.39, 0.29) is 5.92 Å². The van der Waals surface area contributed by atoms with Crippen molar-refractivity contribution in [1.29, 1.82) is 0 Å². The monoisotopic (exact) mass is 338 g/mol. The van der Waals surface area contributed by atoms with Crippen molar-refractivity contribution < 1.29 is 9.53 Å². The van der Waals surface area contributed by atoms with Gasteiger partial charge in [0.1, 0.15) is 11.5 Å². The van der Waals surface area contributed by atoms with Gasteiger partial charge in [0, 0.05) is 12.3 Å². The van der Waals surface area contributed by atoms with Crippen LogP contribution < -0.4 is 4.74 Å². The fraction of sp³-hybridized carbons (Fsp3) is 0.588. The second-order valence-electron chi connectivity index (χ2n) is 5.65. The molecular formula is C17H23BrO2. The van der Waals surface area contributed by atoms with Crippen molar-refractivity contribution in [2.45, 2.75) is 51.4 Å². The maximum absolute atomic E-state index is 12.5. The number of carbonyl (C=O) groups excluding carboxylic acids is 1. The zero-order chi connectivity index (χ0) is 14.4. The molecule has 0 atom stereocenters. The number of Topliss-reactive ketones (excluding diaryl/α,β-unsaturated/α-hetero) is 1. The van der Waals surface area contributed by atoms with Gasteiger partial charge in [-0.3, -0.25) is 4.79 Å². The Hall–Kier alpha value is -0.830. The largest absolute Gasteiger partial charge is 0.496 e. The molecule has 2 rings (SSSR count). The quantitative estimate of drug-likeness (QED) is 0.777. The van der Waals surface area contributed by atoms with Crippen LogP contribution in [0.15, 0.2) is 22.7 Å². The number of ketones is 1. The van der Waals surface area contributed by atoms with Gasteiger partial charge in [0.05, 0.1) is 11.6 Å². The first-order valence-electron chi connectivity index (χ1n) is 7.56. The van der Waals surface area contributed by atoms with E-state index in [1.165, 1.54) is 32.1 Å². The summed E-state index contributed by atoms with van der Waals surface area (Å²) in [5, 5.41) is 0. The molecule has 1 aliphatic carbocycles. The number of benzene rings is 1. The van der Waals surface area contributed by atoms with Crippen LogP contribution in [0, 0.1) is 5.92 Å². The van der Waals surface area contributed by atoms with Crippen LogP contribution in [-0.4, -0.2) is 12.9 Å². The average molecular weight is 339 g/mol. The zero-order valence-corrected chi connectivity index (χ0v) is 13.7. The molecule has 110 valence electrons. The highest BCUT2D eigenvalue weighted by Crippen LogP contribution is 2.28. The minimum atomic E-state index is 0.274. The van der Waals surface area contributed by atoms with Crippen LogP contribution in [0.2, 0.25) is 0 Å². The summed E-state index contributed by atoms with van der Waals surface area (Å²) in [6, 6.07) is 5.91. The van der Waals surface area contributed by atoms with E-state index in [4.69, 9.17) is 4.74 Å². The summed E-state index contributed by atoms with van der Waals surface area (Å²) in [6.45, 7) is 0. The maximum Gasteiger partial charge on any atom is 0.140 e. The fourth-order valence-corrected chi connectivity index (χ4v) is 3.53. The van der Waals surface area contributed by atoms with E-state index in [0.29, 0.717) is 12.2 Å². The van der Waals surface area contributed by atoms with Gasteiger partial charge in [0.25, 0.3) is 0 Å². The van der Waals surface area contributed by atoms with E-state index in [0.717, 1.165) is 28.6 Å². The van der Waals surface area contributed by atoms with Crippen molar-refractivity contribution in [2.75, 3.05) is 7.11 Å². The van der Waals surface area contributed by atoms with Gasteiger partial charge in [-0.15, -0.1) is 0 Å². The van der Waals surface area contributed by atoms with E-state index in [9.17, 15) is 4.79 Å². The first-order valence-corrected chi connectivity index (χ1v) is 8.35. The van der Waals surface area contributed by atoms with Crippen LogP contribution >= 0.6 is 15.9 Å². The number of ether oxygens (including phenoxy) is 1. The third-order valence-corrected chi connectivity index (χ3v) is 4.77. The van der Waals surface area contributed by atoms with Crippen molar-refractivity contribution in [3.8, 4) is 5.75 Å². The van der Waals surface area contributed by atoms with Gasteiger partial charge in [-0.25, -0.2) is 0 Å². The molecule has 3 heteroatoms. The molecule has 0 heterocycles. The Labute approximate surface area is 130 Å². The summed E-state index contributed by atoms with van der Waals surface area (Å²) in [4.78, 5) is 12.5. The third-order valence-electron chi connectivity index (χ3n) is 4.16. The van der Waals surface area contributed by atoms with Gasteiger partial charge >= 0.3 is 0 Å². The van der Waals surface area contributed by atoms with E-state index in [1.807, 2.05) is 18.2 Å². The minimum absolute atomic E-state index is 0.274. The van der Waals surface area contributed by atoms with E-state index >= 15 is 0 Å². The SMILES string of the molecule is COc1ccc(CC(=O)C2CCCCCCC2)cc1Br. The second-order valence-corrected chi connectivity index (χ2v) is 6.51. The molecule has 2 nitrogen and oxygen atoms in total. The van der Waals surface area contributed by atoms with Gasteiger partial charge in [-0.05, 0) is 46.5 Å². The molecule has 1 saturated carbocycles. The normalized spacial score (nSPS) is 17.3. The van der Waals surface area contributed by atoms with Crippen LogP contribution in [-0.2, 0) is 11.2 Å². The molecule has 1 aliphatic rings. The van der Waals surface area contributed by atoms with Gasteiger partial charge < -0.3 is 4.74 Å². The number of hydrogen-bond donors (Lipinski definition) is 0. The van der Waals surface area contributed by atoms with E-state index in [2.05, 4.69) is 15.9 Å². The highest BCUT2D eigenvalue weighted by molar-refractivity contribution is 9.10. The Bertz CT molecular complexity index is 448. The van der Waals surface area contributed by atoms with Crippen molar-refractivity contribution in [2.24, 2.45) is 5.92 Å². The first kappa shape index (κ1) is 15.6. The number of methoxy groups -OCH3 is 1. The summed E-state index contributed by atoms with van der Waals surface area (Å²) in [7, 11) is 1.65. The third kappa shape index (κ3) is 4.34. The number of carbonyl (C=O) groups is 1. The molecule has 20 heavy (non-hydrogen) atoms. The molecule has 0 radical (unpaired) electrons. The fourth-order valence-electron chi connectivity index (χ4n) is 2.94. The van der Waals surface area contributed by atoms with Crippen molar-refractivity contribution in [1.82, 2.24) is 0 Å². The molecule has 1 fully saturated rings. The Balaban J connectivity index is 1.97. The topological polar surface area (TPSA) is 26.3 Å². The number of halogens is 1. The van der Waals surface area contributed by atoms with E-state index < -0.39 is 0 Å². The maximum atomic E-state index is 12.5. The summed E-state index contributed by atoms with van der Waals surface area (Å²) >= 11 is 3.48. The van der Waals surface area contributed by atoms with Crippen LogP contribution in [0.1, 0.15) is 50.5 Å². The Kier molecular flexibility index (Phi) is 6.08. The highest BCUT2D eigenvalue weighted by Gasteiger charge is 2.19. The molecule has 0 saturated heterocycles. The van der Waals surface area contributed by atoms with E-state index in [1.54, 1.807) is 7.11 Å². The Morgan fingerprint density at radius 3 is 2.45 bits per heavy atom. The summed E-state index contributed by atoms with van der Waals surface area (Å²) < 4.78 is 6.14. The van der Waals surface area contributed by atoms with Crippen LogP contribution in [0.5, 0.6) is 5.75 Å². The van der Waals surface area contributed by atoms with Crippen molar-refractivity contribution >= 4 is 21.7 Å². The highest BCUT2D eigenvalue weighted by atomic mass is 79.9. The Morgan fingerprint density at radius 1 is 1.20 bits per heavy atom. The summed E-state index contributed by atoms with van der Waals surface area (Å²) in [5.41, 5.74) is 1.07. The predicted octanol–water partition coefficient (Wildman–Crippen LogP) is 4.93. The van der Waals surface area contributed by atoms with Gasteiger partial charge in [-0.2, -0.15) is 0 Å². The van der Waals surface area contributed by atoms with Crippen LogP contribution in [0.25, 0.3) is 0 Å². The number of hydrogen-bond acceptors (Lipinski definition) is 2. The molecule has 0 aromatic heterocycles. The number of rotatable bonds is 4. The molecule has 0 bridgehead atoms. The minimum Gasteiger partial charge on any atom is -0.496 e. The molecule has 0 spiro atoms. The van der Waals surface area contributed by atoms with Crippen LogP contribution in [0.3, 0.4) is 0 Å². The predicted molar refractivity (Wildman–Crippen MR) is 85.2 cm³/mol. The first-order chi connectivity index (χ1) is 9.70. The smallest absolute Gasteiger partial charge is 0.140 e. The van der Waals surface area contributed by atoms with Gasteiger partial charge in [-0.1, -0.05) is 38.2 Å². The lowest BCUT2D eigenvalue weighted by Gasteiger charge is -2.18. The lowest BCUT2D eigenvalue weighted by atomic mass is 9.86. The van der Waals surface area contributed by atoms with Gasteiger partial charge in [0.15, 0.2) is 0 Å². The Morgan fingerprint density at radius 2 is 1.85 bits per heavy atom. The summed E-state index contributed by atoms with van der Waals surface area (Å²) in [6.07, 6.45) is 9.05. The molecule has 1 aromatic carbocycles. The van der Waals surface area contributed by atoms with Crippen molar-refractivity contribution in [3.05, 3.63) is 28.2 Å². The molecule has 0 N–H and O–H groups in total. The molecule has 0 aliphatic heterocycles. The molecule has 0 unspecified atom stereocenters. The van der Waals surface area contributed by atoms with Crippen LogP contribution in [0.4, 0.5) is 0 Å². The van der Waals surface area contributed by atoms with Crippen molar-refractivity contribution in [3.63, 3.8) is 0 Å². The standard InChI is InChI=1S/C17H23BrO2/c1-20-17-10-9-13(11-15(17)18)12-16(19)14-7-5-3-2-4-6-8-14/h9-11,14H,2-8,12H2,1H3. The molecule has 0 amide bonds. The average Bonchev–Trinajstić information content (AvgIpc) is 2.38.